The van der Waals surface area contributed by atoms with E-state index in [2.05, 4.69) is 74.0 Å². The van der Waals surface area contributed by atoms with Gasteiger partial charge in [0.2, 0.25) is 0 Å². The lowest BCUT2D eigenvalue weighted by Crippen LogP contribution is -2.56. The Morgan fingerprint density at radius 2 is 1.84 bits per heavy atom. The number of sulfonamides is 1. The SMILES string of the molecule is CC(C)c1ccccc1[C@@H]1CC[C@H](CC#N)N1C1CC2(CCN(c3ccc(C(=O)NS(=O)(=O)c4cc5c(c([N+](=O)[O-])c4)N[C@@H](C4CCC(C)(O)CC4)CO5)c(Oc4cnc5[nH]cc(F)c5c4)c3)CC2)C1. The second-order valence-corrected chi connectivity index (χ2v) is 22.5. The van der Waals surface area contributed by atoms with Crippen LogP contribution in [0.25, 0.3) is 11.0 Å². The lowest BCUT2D eigenvalue weighted by Gasteiger charge is -2.57. The number of halogens is 1. The highest BCUT2D eigenvalue weighted by atomic mass is 32.2. The number of nitro benzene ring substituents is 1. The number of likely N-dealkylation sites (tertiary alicyclic amines) is 1. The Labute approximate surface area is 406 Å². The van der Waals surface area contributed by atoms with Gasteiger partial charge < -0.3 is 29.8 Å². The van der Waals surface area contributed by atoms with Crippen LogP contribution in [-0.2, 0) is 10.0 Å². The smallest absolute Gasteiger partial charge is 0.297 e. The number of amides is 1. The Hall–Kier alpha value is -6.29. The van der Waals surface area contributed by atoms with Crippen molar-refractivity contribution in [2.24, 2.45) is 11.3 Å². The number of carbonyl (C=O) groups excluding carboxylic acids is 1. The van der Waals surface area contributed by atoms with Crippen LogP contribution in [0.3, 0.4) is 0 Å². The maximum Gasteiger partial charge on any atom is 0.297 e. The Morgan fingerprint density at radius 1 is 1.09 bits per heavy atom. The average molecular weight is 975 g/mol. The van der Waals surface area contributed by atoms with Gasteiger partial charge in [-0.15, -0.1) is 0 Å². The highest BCUT2D eigenvalue weighted by Gasteiger charge is 2.52. The number of nitro groups is 1. The topological polar surface area (TPSA) is 216 Å². The number of aliphatic hydroxyl groups is 1. The molecule has 0 bridgehead atoms. The molecule has 16 nitrogen and oxygen atoms in total. The molecule has 2 aliphatic carbocycles. The molecule has 2 aromatic heterocycles. The number of rotatable bonds is 12. The molecule has 0 unspecified atom stereocenters. The van der Waals surface area contributed by atoms with Crippen LogP contribution in [0.4, 0.5) is 21.5 Å². The number of fused-ring (bicyclic) bond motifs is 2. The van der Waals surface area contributed by atoms with Gasteiger partial charge in [-0.3, -0.25) is 19.8 Å². The van der Waals surface area contributed by atoms with Crippen molar-refractivity contribution in [3.05, 3.63) is 106 Å². The molecule has 10 rings (SSSR count). The minimum absolute atomic E-state index is 0.00389. The van der Waals surface area contributed by atoms with Crippen LogP contribution >= 0.6 is 0 Å². The van der Waals surface area contributed by atoms with Crippen molar-refractivity contribution < 1.29 is 37.1 Å². The Bertz CT molecular complexity index is 2980. The van der Waals surface area contributed by atoms with Crippen molar-refractivity contribution in [3.8, 4) is 23.3 Å². The number of piperidine rings is 1. The summed E-state index contributed by atoms with van der Waals surface area (Å²) in [5, 5.41) is 36.0. The molecule has 18 heteroatoms. The van der Waals surface area contributed by atoms with Gasteiger partial charge in [0.1, 0.15) is 29.6 Å². The summed E-state index contributed by atoms with van der Waals surface area (Å²) < 4.78 is 57.0. The molecular formula is C52H59FN8O8S. The quantitative estimate of drug-likeness (QED) is 0.0677. The lowest BCUT2D eigenvalue weighted by atomic mass is 9.59. The van der Waals surface area contributed by atoms with E-state index in [1.54, 1.807) is 19.1 Å². The first-order valence-corrected chi connectivity index (χ1v) is 25.9. The largest absolute Gasteiger partial charge is 0.489 e. The Kier molecular flexibility index (Phi) is 12.5. The first-order valence-electron chi connectivity index (χ1n) is 24.4. The monoisotopic (exact) mass is 974 g/mol. The second-order valence-electron chi connectivity index (χ2n) is 20.8. The Balaban J connectivity index is 0.870. The molecule has 5 aromatic rings. The molecule has 3 aromatic carbocycles. The van der Waals surface area contributed by atoms with Crippen molar-refractivity contribution in [3.63, 3.8) is 0 Å². The summed E-state index contributed by atoms with van der Waals surface area (Å²) in [5.74, 6) is -1.06. The van der Waals surface area contributed by atoms with Gasteiger partial charge in [0.05, 0.1) is 51.1 Å². The average Bonchev–Trinajstić information content (AvgIpc) is 3.92. The van der Waals surface area contributed by atoms with E-state index in [0.717, 1.165) is 69.4 Å². The standard InChI is InChI=1S/C52H59FN8O8S/c1-31(2)38-6-4-5-7-39(38)44-11-9-33(14-19-54)60(44)35-26-52(27-35)17-20-59(21-18-52)34-8-10-40(46(22-34)69-36-23-41-42(53)29-56-49(41)55-28-36)50(62)58-70(66,67)37-24-45(61(64)65)48-47(25-37)68-30-43(57-48)32-12-15-51(3,63)16-13-32/h4-8,10,22-25,28-29,31-33,35,43-44,57,63H,9,11-18,20-21,26-27,30H2,1-3H3,(H,55,56)(H,58,62)/t32?,33-,43-,44+,51?/m1/s1. The minimum atomic E-state index is -4.73. The fourth-order valence-electron chi connectivity index (χ4n) is 12.0. The van der Waals surface area contributed by atoms with E-state index in [1.165, 1.54) is 35.7 Å². The molecule has 4 fully saturated rings. The minimum Gasteiger partial charge on any atom is -0.489 e. The van der Waals surface area contributed by atoms with E-state index in [9.17, 15) is 38.1 Å². The van der Waals surface area contributed by atoms with Gasteiger partial charge in [0.25, 0.3) is 21.6 Å². The number of benzene rings is 3. The number of aromatic nitrogens is 2. The summed E-state index contributed by atoms with van der Waals surface area (Å²) in [5.41, 5.74) is 2.55. The summed E-state index contributed by atoms with van der Waals surface area (Å²) in [6.45, 7) is 7.86. The molecule has 70 heavy (non-hydrogen) atoms. The van der Waals surface area contributed by atoms with Crippen LogP contribution in [0.5, 0.6) is 17.2 Å². The van der Waals surface area contributed by atoms with Gasteiger partial charge >= 0.3 is 0 Å². The molecule has 3 atom stereocenters. The molecule has 5 aliphatic rings. The van der Waals surface area contributed by atoms with Crippen LogP contribution in [0.15, 0.2) is 78.0 Å². The number of nitriles is 1. The predicted molar refractivity (Wildman–Crippen MR) is 261 cm³/mol. The van der Waals surface area contributed by atoms with E-state index in [0.29, 0.717) is 49.7 Å². The fraction of sp³-hybridized carbons (Fsp3) is 0.481. The van der Waals surface area contributed by atoms with E-state index in [1.807, 2.05) is 0 Å². The van der Waals surface area contributed by atoms with Crippen molar-refractivity contribution in [1.29, 1.82) is 5.26 Å². The molecule has 0 radical (unpaired) electrons. The van der Waals surface area contributed by atoms with Crippen LogP contribution < -0.4 is 24.4 Å². The normalized spacial score (nSPS) is 24.6. The van der Waals surface area contributed by atoms with Crippen LogP contribution in [0.2, 0.25) is 0 Å². The molecule has 2 saturated carbocycles. The molecule has 5 heterocycles. The van der Waals surface area contributed by atoms with Crippen molar-refractivity contribution in [2.75, 3.05) is 29.9 Å². The third kappa shape index (κ3) is 9.14. The molecule has 4 N–H and O–H groups in total. The highest BCUT2D eigenvalue weighted by molar-refractivity contribution is 7.90. The van der Waals surface area contributed by atoms with E-state index in [4.69, 9.17) is 9.47 Å². The van der Waals surface area contributed by atoms with Gasteiger partial charge in [-0.2, -0.15) is 5.26 Å². The number of pyridine rings is 1. The summed E-state index contributed by atoms with van der Waals surface area (Å²) >= 11 is 0. The maximum absolute atomic E-state index is 14.7. The summed E-state index contributed by atoms with van der Waals surface area (Å²) in [7, 11) is -4.73. The first-order chi connectivity index (χ1) is 33.5. The number of nitrogens with zero attached hydrogens (tertiary/aromatic N) is 5. The Morgan fingerprint density at radius 3 is 2.57 bits per heavy atom. The lowest BCUT2D eigenvalue weighted by molar-refractivity contribution is -0.384. The maximum atomic E-state index is 14.7. The van der Waals surface area contributed by atoms with Gasteiger partial charge in [-0.05, 0) is 118 Å². The molecule has 1 amide bonds. The van der Waals surface area contributed by atoms with Gasteiger partial charge in [-0.1, -0.05) is 38.1 Å². The van der Waals surface area contributed by atoms with Gasteiger partial charge in [0.15, 0.2) is 11.4 Å². The zero-order chi connectivity index (χ0) is 49.1. The number of hydrogen-bond donors (Lipinski definition) is 4. The molecule has 3 aliphatic heterocycles. The van der Waals surface area contributed by atoms with Crippen molar-refractivity contribution in [1.82, 2.24) is 19.6 Å². The predicted octanol–water partition coefficient (Wildman–Crippen LogP) is 9.63. The number of nitrogens with one attached hydrogen (secondary N) is 3. The summed E-state index contributed by atoms with van der Waals surface area (Å²) in [6.07, 6.45) is 11.6. The number of carbonyl (C=O) groups is 1. The highest BCUT2D eigenvalue weighted by Crippen LogP contribution is 2.56. The number of anilines is 2. The second kappa shape index (κ2) is 18.5. The number of aromatic amines is 1. The third-order valence-corrected chi connectivity index (χ3v) is 17.2. The number of ether oxygens (including phenoxy) is 2. The first kappa shape index (κ1) is 47.4. The molecule has 1 spiro atoms. The van der Waals surface area contributed by atoms with Crippen molar-refractivity contribution in [2.45, 2.75) is 132 Å². The van der Waals surface area contributed by atoms with E-state index < -0.39 is 42.9 Å². The van der Waals surface area contributed by atoms with Gasteiger partial charge in [0, 0.05) is 61.3 Å². The van der Waals surface area contributed by atoms with Crippen LogP contribution in [-0.4, -0.2) is 82.6 Å². The molecule has 2 saturated heterocycles. The van der Waals surface area contributed by atoms with Crippen LogP contribution in [0, 0.1) is 38.6 Å². The summed E-state index contributed by atoms with van der Waals surface area (Å²) in [4.78, 5) is 37.2. The third-order valence-electron chi connectivity index (χ3n) is 15.9. The van der Waals surface area contributed by atoms with E-state index in [-0.39, 0.29) is 70.0 Å². The van der Waals surface area contributed by atoms with Crippen LogP contribution in [0.1, 0.15) is 125 Å². The number of H-pyrrole nitrogens is 1. The number of hydrogen-bond acceptors (Lipinski definition) is 13. The zero-order valence-corrected chi connectivity index (χ0v) is 40.4. The van der Waals surface area contributed by atoms with E-state index >= 15 is 0 Å². The molecule has 368 valence electrons. The zero-order valence-electron chi connectivity index (χ0n) is 39.6. The fourth-order valence-corrected chi connectivity index (χ4v) is 13.0. The summed E-state index contributed by atoms with van der Waals surface area (Å²) in [6, 6.07) is 20.2. The van der Waals surface area contributed by atoms with Crippen molar-refractivity contribution >= 4 is 44.0 Å². The van der Waals surface area contributed by atoms with Gasteiger partial charge in [-0.25, -0.2) is 22.5 Å². The molecular weight excluding hydrogens is 916 g/mol.